The van der Waals surface area contributed by atoms with Crippen molar-refractivity contribution in [1.29, 1.82) is 0 Å². The molecule has 1 saturated heterocycles. The Bertz CT molecular complexity index is 199. The van der Waals surface area contributed by atoms with Gasteiger partial charge in [-0.1, -0.05) is 12.8 Å². The van der Waals surface area contributed by atoms with Crippen LogP contribution in [0.25, 0.3) is 0 Å². The van der Waals surface area contributed by atoms with Gasteiger partial charge in [-0.2, -0.15) is 0 Å². The van der Waals surface area contributed by atoms with Gasteiger partial charge in [0.25, 0.3) is 0 Å². The van der Waals surface area contributed by atoms with Crippen molar-refractivity contribution >= 4 is 5.91 Å². The Kier molecular flexibility index (Phi) is 2.54. The van der Waals surface area contributed by atoms with Crippen molar-refractivity contribution in [2.45, 2.75) is 31.7 Å². The van der Waals surface area contributed by atoms with E-state index in [-0.39, 0.29) is 5.91 Å². The van der Waals surface area contributed by atoms with E-state index >= 15 is 0 Å². The number of rotatable bonds is 1. The summed E-state index contributed by atoms with van der Waals surface area (Å²) in [6, 6.07) is 0.462. The van der Waals surface area contributed by atoms with Crippen molar-refractivity contribution in [3.8, 4) is 0 Å². The van der Waals surface area contributed by atoms with Crippen LogP contribution in [0.3, 0.4) is 0 Å². The molecule has 0 aromatic rings. The summed E-state index contributed by atoms with van der Waals surface area (Å²) in [6.45, 7) is 1.52. The molecule has 0 bridgehead atoms. The molecule has 0 spiro atoms. The van der Waals surface area contributed by atoms with Crippen molar-refractivity contribution in [1.82, 2.24) is 10.2 Å². The predicted octanol–water partition coefficient (Wildman–Crippen LogP) is 0.607. The molecule has 0 radical (unpaired) electrons. The molecule has 1 unspecified atom stereocenters. The van der Waals surface area contributed by atoms with Crippen LogP contribution < -0.4 is 5.32 Å². The molecule has 2 fully saturated rings. The van der Waals surface area contributed by atoms with Gasteiger partial charge in [0.1, 0.15) is 0 Å². The zero-order valence-corrected chi connectivity index (χ0v) is 8.25. The molecule has 1 saturated carbocycles. The Morgan fingerprint density at radius 1 is 1.38 bits per heavy atom. The molecule has 2 rings (SSSR count). The summed E-state index contributed by atoms with van der Waals surface area (Å²) in [5, 5.41) is 3.20. The molecule has 0 aromatic heterocycles. The highest BCUT2D eigenvalue weighted by atomic mass is 16.2. The average molecular weight is 182 g/mol. The number of hydrogen-bond donors (Lipinski definition) is 1. The fourth-order valence-electron chi connectivity index (χ4n) is 2.60. The molecule has 13 heavy (non-hydrogen) atoms. The monoisotopic (exact) mass is 182 g/mol. The Morgan fingerprint density at radius 2 is 2.08 bits per heavy atom. The molecule has 2 aliphatic rings. The molecule has 1 N–H and O–H groups in total. The second-order valence-electron chi connectivity index (χ2n) is 4.25. The quantitative estimate of drug-likeness (QED) is 0.644. The van der Waals surface area contributed by atoms with E-state index in [9.17, 15) is 4.79 Å². The smallest absolute Gasteiger partial charge is 0.236 e. The Morgan fingerprint density at radius 3 is 2.77 bits per heavy atom. The number of likely N-dealkylation sites (N-methyl/N-ethyl adjacent to an activating group) is 1. The number of carbonyl (C=O) groups is 1. The number of piperazine rings is 1. The van der Waals surface area contributed by atoms with Crippen molar-refractivity contribution in [2.24, 2.45) is 5.92 Å². The van der Waals surface area contributed by atoms with Crippen LogP contribution in [0.5, 0.6) is 0 Å². The van der Waals surface area contributed by atoms with E-state index in [1.165, 1.54) is 25.7 Å². The van der Waals surface area contributed by atoms with Gasteiger partial charge in [0, 0.05) is 19.6 Å². The lowest BCUT2D eigenvalue weighted by molar-refractivity contribution is -0.134. The lowest BCUT2D eigenvalue weighted by Gasteiger charge is -2.36. The Labute approximate surface area is 79.5 Å². The molecule has 1 aliphatic carbocycles. The zero-order chi connectivity index (χ0) is 9.26. The van der Waals surface area contributed by atoms with E-state index < -0.39 is 0 Å². The summed E-state index contributed by atoms with van der Waals surface area (Å²) < 4.78 is 0. The van der Waals surface area contributed by atoms with Crippen LogP contribution >= 0.6 is 0 Å². The molecule has 1 atom stereocenters. The zero-order valence-electron chi connectivity index (χ0n) is 8.25. The molecule has 1 heterocycles. The SMILES string of the molecule is CN1C(=O)CNCC1C1CCCC1. The van der Waals surface area contributed by atoms with Gasteiger partial charge >= 0.3 is 0 Å². The first-order valence-corrected chi connectivity index (χ1v) is 5.25. The van der Waals surface area contributed by atoms with E-state index in [0.29, 0.717) is 12.6 Å². The van der Waals surface area contributed by atoms with Crippen LogP contribution in [0.1, 0.15) is 25.7 Å². The Balaban J connectivity index is 1.99. The number of hydrogen-bond acceptors (Lipinski definition) is 2. The van der Waals surface area contributed by atoms with Crippen LogP contribution in [0.2, 0.25) is 0 Å². The van der Waals surface area contributed by atoms with Crippen LogP contribution in [0.4, 0.5) is 0 Å². The summed E-state index contributed by atoms with van der Waals surface area (Å²) in [4.78, 5) is 13.4. The average Bonchev–Trinajstić information content (AvgIpc) is 2.62. The normalized spacial score (nSPS) is 31.3. The van der Waals surface area contributed by atoms with Gasteiger partial charge in [0.05, 0.1) is 6.54 Å². The third kappa shape index (κ3) is 1.70. The number of carbonyl (C=O) groups excluding carboxylic acids is 1. The van der Waals surface area contributed by atoms with E-state index in [2.05, 4.69) is 5.32 Å². The van der Waals surface area contributed by atoms with Crippen LogP contribution in [0, 0.1) is 5.92 Å². The first-order valence-electron chi connectivity index (χ1n) is 5.25. The molecule has 1 amide bonds. The highest BCUT2D eigenvalue weighted by molar-refractivity contribution is 5.79. The third-order valence-electron chi connectivity index (χ3n) is 3.46. The van der Waals surface area contributed by atoms with E-state index in [1.807, 2.05) is 11.9 Å². The lowest BCUT2D eigenvalue weighted by atomic mass is 9.95. The van der Waals surface area contributed by atoms with Crippen molar-refractivity contribution in [3.63, 3.8) is 0 Å². The van der Waals surface area contributed by atoms with Gasteiger partial charge < -0.3 is 10.2 Å². The van der Waals surface area contributed by atoms with Crippen LogP contribution in [0.15, 0.2) is 0 Å². The van der Waals surface area contributed by atoms with E-state index in [0.717, 1.165) is 12.5 Å². The van der Waals surface area contributed by atoms with Gasteiger partial charge in [-0.05, 0) is 18.8 Å². The first-order chi connectivity index (χ1) is 6.29. The van der Waals surface area contributed by atoms with Gasteiger partial charge in [0.15, 0.2) is 0 Å². The maximum atomic E-state index is 11.4. The standard InChI is InChI=1S/C10H18N2O/c1-12-9(6-11-7-10(12)13)8-4-2-3-5-8/h8-9,11H,2-7H2,1H3. The summed E-state index contributed by atoms with van der Waals surface area (Å²) in [6.07, 6.45) is 5.32. The highest BCUT2D eigenvalue weighted by Crippen LogP contribution is 2.30. The molecule has 0 aromatic carbocycles. The molecule has 74 valence electrons. The second-order valence-corrected chi connectivity index (χ2v) is 4.25. The minimum Gasteiger partial charge on any atom is -0.340 e. The molecule has 3 heteroatoms. The third-order valence-corrected chi connectivity index (χ3v) is 3.46. The highest BCUT2D eigenvalue weighted by Gasteiger charge is 2.32. The van der Waals surface area contributed by atoms with E-state index in [4.69, 9.17) is 0 Å². The van der Waals surface area contributed by atoms with Gasteiger partial charge in [0.2, 0.25) is 5.91 Å². The fourth-order valence-corrected chi connectivity index (χ4v) is 2.60. The summed E-state index contributed by atoms with van der Waals surface area (Å²) in [5.74, 6) is 1.00. The summed E-state index contributed by atoms with van der Waals surface area (Å²) >= 11 is 0. The van der Waals surface area contributed by atoms with Gasteiger partial charge in [-0.15, -0.1) is 0 Å². The maximum Gasteiger partial charge on any atom is 0.236 e. The Hall–Kier alpha value is -0.570. The molecular formula is C10H18N2O. The molecule has 3 nitrogen and oxygen atoms in total. The summed E-state index contributed by atoms with van der Waals surface area (Å²) in [7, 11) is 1.95. The fraction of sp³-hybridized carbons (Fsp3) is 0.900. The molecular weight excluding hydrogens is 164 g/mol. The lowest BCUT2D eigenvalue weighted by Crippen LogP contribution is -2.55. The van der Waals surface area contributed by atoms with Crippen LogP contribution in [-0.2, 0) is 4.79 Å². The summed E-state index contributed by atoms with van der Waals surface area (Å²) in [5.41, 5.74) is 0. The largest absolute Gasteiger partial charge is 0.340 e. The van der Waals surface area contributed by atoms with Gasteiger partial charge in [-0.25, -0.2) is 0 Å². The number of nitrogens with zero attached hydrogens (tertiary/aromatic N) is 1. The topological polar surface area (TPSA) is 32.3 Å². The number of amides is 1. The number of nitrogens with one attached hydrogen (secondary N) is 1. The maximum absolute atomic E-state index is 11.4. The van der Waals surface area contributed by atoms with Crippen molar-refractivity contribution in [3.05, 3.63) is 0 Å². The molecule has 1 aliphatic heterocycles. The van der Waals surface area contributed by atoms with E-state index in [1.54, 1.807) is 0 Å². The minimum atomic E-state index is 0.253. The van der Waals surface area contributed by atoms with Crippen molar-refractivity contribution < 1.29 is 4.79 Å². The predicted molar refractivity (Wildman–Crippen MR) is 51.4 cm³/mol. The van der Waals surface area contributed by atoms with Gasteiger partial charge in [-0.3, -0.25) is 4.79 Å². The van der Waals surface area contributed by atoms with Crippen LogP contribution in [-0.4, -0.2) is 37.0 Å². The minimum absolute atomic E-state index is 0.253. The first kappa shape index (κ1) is 9.00. The van der Waals surface area contributed by atoms with Crippen molar-refractivity contribution in [2.75, 3.05) is 20.1 Å². The second kappa shape index (κ2) is 3.66.